The lowest BCUT2D eigenvalue weighted by Gasteiger charge is -2.39. The minimum absolute atomic E-state index is 0.0174. The van der Waals surface area contributed by atoms with Crippen LogP contribution >= 0.6 is 21.6 Å². The summed E-state index contributed by atoms with van der Waals surface area (Å²) < 4.78 is 21.4. The summed E-state index contributed by atoms with van der Waals surface area (Å²) in [5.74, 6) is 0.726. The number of aliphatic hydroxyl groups excluding tert-OH is 4. The molecule has 0 aromatic carbocycles. The molecule has 3 amide bonds. The number of unbranched alkanes of at least 4 members (excludes halogenated alkanes) is 1. The fraction of sp³-hybridized carbons (Fsp3) is 0.889. The number of carbonyl (C=O) groups is 3. The summed E-state index contributed by atoms with van der Waals surface area (Å²) in [5, 5.41) is 47.6. The van der Waals surface area contributed by atoms with E-state index in [-0.39, 0.29) is 43.7 Å². The summed E-state index contributed by atoms with van der Waals surface area (Å²) in [6.45, 7) is 2.05. The molecule has 0 bridgehead atoms. The predicted molar refractivity (Wildman–Crippen MR) is 161 cm³/mol. The molecule has 0 radical (unpaired) electrons. The predicted octanol–water partition coefficient (Wildman–Crippen LogP) is -0.931. The minimum Gasteiger partial charge on any atom is -0.394 e. The molecule has 6 atom stereocenters. The molecule has 0 aromatic rings. The van der Waals surface area contributed by atoms with Crippen molar-refractivity contribution >= 4 is 39.3 Å². The van der Waals surface area contributed by atoms with E-state index in [1.807, 2.05) is 21.6 Å². The second-order valence-electron chi connectivity index (χ2n) is 10.3. The zero-order valence-corrected chi connectivity index (χ0v) is 26.3. The van der Waals surface area contributed by atoms with Gasteiger partial charge in [-0.15, -0.1) is 0 Å². The summed E-state index contributed by atoms with van der Waals surface area (Å²) in [4.78, 5) is 35.7. The monoisotopic (exact) mass is 655 g/mol. The molecule has 14 nitrogen and oxygen atoms in total. The summed E-state index contributed by atoms with van der Waals surface area (Å²) in [6, 6.07) is 0. The first-order valence-electron chi connectivity index (χ1n) is 15.0. The molecule has 250 valence electrons. The van der Waals surface area contributed by atoms with Gasteiger partial charge in [0.05, 0.1) is 39.6 Å². The van der Waals surface area contributed by atoms with E-state index >= 15 is 0 Å². The van der Waals surface area contributed by atoms with Crippen LogP contribution in [0.1, 0.15) is 51.4 Å². The van der Waals surface area contributed by atoms with Gasteiger partial charge in [-0.05, 0) is 25.7 Å². The maximum atomic E-state index is 11.9. The number of nitrogens with one attached hydrogen (secondary N) is 3. The van der Waals surface area contributed by atoms with Gasteiger partial charge in [0.15, 0.2) is 6.29 Å². The van der Waals surface area contributed by atoms with E-state index in [2.05, 4.69) is 16.0 Å². The molecule has 2 aliphatic rings. The molecule has 7 N–H and O–H groups in total. The molecule has 2 heterocycles. The fourth-order valence-electron chi connectivity index (χ4n) is 4.27. The molecule has 2 rings (SSSR count). The van der Waals surface area contributed by atoms with Crippen molar-refractivity contribution in [2.75, 3.05) is 65.0 Å². The zero-order valence-electron chi connectivity index (χ0n) is 24.7. The Bertz CT molecular complexity index is 793. The van der Waals surface area contributed by atoms with Crippen molar-refractivity contribution in [2.45, 2.75) is 87.3 Å². The molecule has 0 spiro atoms. The molecule has 16 heteroatoms. The van der Waals surface area contributed by atoms with Gasteiger partial charge in [-0.25, -0.2) is 0 Å². The first-order chi connectivity index (χ1) is 20.8. The standard InChI is InChI=1S/C27H49N3O11S2/c31-18-20-24(35)25(36)26(37)27(41-20)40-12-3-9-28-22(33)6-7-23(34)30-11-14-39-16-15-38-13-10-29-21(32)5-2-1-4-19-8-17-42-43-19/h19-20,24-27,31,35-37H,1-18H2,(H,28,33)(H,29,32)(H,30,34)/t19?,20-,24-,25+,26-,27-/m1/s1. The van der Waals surface area contributed by atoms with Crippen LogP contribution in [0.5, 0.6) is 0 Å². The van der Waals surface area contributed by atoms with Gasteiger partial charge in [-0.2, -0.15) is 0 Å². The first-order valence-corrected chi connectivity index (χ1v) is 17.4. The van der Waals surface area contributed by atoms with Crippen molar-refractivity contribution in [1.82, 2.24) is 16.0 Å². The molecular formula is C27H49N3O11S2. The van der Waals surface area contributed by atoms with Crippen LogP contribution in [0.2, 0.25) is 0 Å². The number of amides is 3. The third kappa shape index (κ3) is 16.6. The molecule has 2 saturated heterocycles. The Kier molecular flexibility index (Phi) is 20.5. The van der Waals surface area contributed by atoms with Crippen LogP contribution in [0.25, 0.3) is 0 Å². The molecule has 0 aromatic heterocycles. The first kappa shape index (κ1) is 38.0. The Morgan fingerprint density at radius 3 is 1.98 bits per heavy atom. The average molecular weight is 656 g/mol. The molecule has 0 saturated carbocycles. The van der Waals surface area contributed by atoms with E-state index in [9.17, 15) is 34.8 Å². The topological polar surface area (TPSA) is 205 Å². The number of hydrogen-bond acceptors (Lipinski definition) is 13. The van der Waals surface area contributed by atoms with Gasteiger partial charge in [-0.1, -0.05) is 28.0 Å². The maximum absolute atomic E-state index is 11.9. The van der Waals surface area contributed by atoms with Crippen LogP contribution in [-0.4, -0.2) is 139 Å². The molecular weight excluding hydrogens is 606 g/mol. The SMILES string of the molecule is O=C(CCCCC1CCSS1)NCCOCCOCCNC(=O)CCC(=O)NCCCO[C@@H]1O[C@H](CO)[C@@H](O)[C@H](O)[C@H]1O. The van der Waals surface area contributed by atoms with E-state index in [4.69, 9.17) is 18.9 Å². The molecule has 43 heavy (non-hydrogen) atoms. The van der Waals surface area contributed by atoms with Crippen LogP contribution in [0.15, 0.2) is 0 Å². The van der Waals surface area contributed by atoms with E-state index in [0.29, 0.717) is 52.4 Å². The highest BCUT2D eigenvalue weighted by Gasteiger charge is 2.43. The van der Waals surface area contributed by atoms with E-state index < -0.39 is 37.3 Å². The quantitative estimate of drug-likeness (QED) is 0.0526. The number of ether oxygens (including phenoxy) is 4. The molecule has 2 aliphatic heterocycles. The summed E-state index contributed by atoms with van der Waals surface area (Å²) >= 11 is 0. The molecule has 2 fully saturated rings. The van der Waals surface area contributed by atoms with E-state index in [1.165, 1.54) is 18.6 Å². The highest BCUT2D eigenvalue weighted by molar-refractivity contribution is 8.77. The van der Waals surface area contributed by atoms with Crippen LogP contribution in [0.4, 0.5) is 0 Å². The highest BCUT2D eigenvalue weighted by atomic mass is 33.1. The third-order valence-corrected chi connectivity index (χ3v) is 9.78. The van der Waals surface area contributed by atoms with Crippen molar-refractivity contribution in [3.05, 3.63) is 0 Å². The zero-order chi connectivity index (χ0) is 31.3. The Balaban J connectivity index is 1.33. The Morgan fingerprint density at radius 2 is 1.37 bits per heavy atom. The number of rotatable bonds is 23. The Hall–Kier alpha value is -1.21. The van der Waals surface area contributed by atoms with Crippen LogP contribution in [0.3, 0.4) is 0 Å². The normalized spacial score (nSPS) is 25.4. The highest BCUT2D eigenvalue weighted by Crippen LogP contribution is 2.39. The van der Waals surface area contributed by atoms with Gasteiger partial charge in [0, 0.05) is 49.9 Å². The van der Waals surface area contributed by atoms with Gasteiger partial charge < -0.3 is 55.3 Å². The van der Waals surface area contributed by atoms with Gasteiger partial charge in [0.2, 0.25) is 17.7 Å². The van der Waals surface area contributed by atoms with Crippen molar-refractivity contribution in [2.24, 2.45) is 0 Å². The van der Waals surface area contributed by atoms with Crippen molar-refractivity contribution in [3.8, 4) is 0 Å². The summed E-state index contributed by atoms with van der Waals surface area (Å²) in [7, 11) is 3.92. The summed E-state index contributed by atoms with van der Waals surface area (Å²) in [5.41, 5.74) is 0. The second-order valence-corrected chi connectivity index (χ2v) is 13.1. The van der Waals surface area contributed by atoms with Crippen molar-refractivity contribution in [1.29, 1.82) is 0 Å². The minimum atomic E-state index is -1.51. The van der Waals surface area contributed by atoms with E-state index in [1.54, 1.807) is 0 Å². The van der Waals surface area contributed by atoms with Crippen LogP contribution in [0, 0.1) is 0 Å². The van der Waals surface area contributed by atoms with Crippen molar-refractivity contribution < 1.29 is 53.8 Å². The van der Waals surface area contributed by atoms with Gasteiger partial charge >= 0.3 is 0 Å². The Morgan fingerprint density at radius 1 is 0.744 bits per heavy atom. The smallest absolute Gasteiger partial charge is 0.220 e. The Labute approximate surface area is 261 Å². The van der Waals surface area contributed by atoms with Gasteiger partial charge in [0.1, 0.15) is 24.4 Å². The van der Waals surface area contributed by atoms with Gasteiger partial charge in [0.25, 0.3) is 0 Å². The van der Waals surface area contributed by atoms with Crippen LogP contribution in [-0.2, 0) is 33.3 Å². The summed E-state index contributed by atoms with van der Waals surface area (Å²) in [6.07, 6.45) is -1.25. The average Bonchev–Trinajstić information content (AvgIpc) is 3.52. The fourth-order valence-corrected chi connectivity index (χ4v) is 7.29. The lowest BCUT2D eigenvalue weighted by Crippen LogP contribution is -2.59. The lowest BCUT2D eigenvalue weighted by atomic mass is 9.99. The van der Waals surface area contributed by atoms with Gasteiger partial charge in [-0.3, -0.25) is 14.4 Å². The third-order valence-electron chi connectivity index (χ3n) is 6.77. The lowest BCUT2D eigenvalue weighted by molar-refractivity contribution is -0.301. The molecule has 1 unspecified atom stereocenters. The van der Waals surface area contributed by atoms with E-state index in [0.717, 1.165) is 18.1 Å². The number of aliphatic hydroxyl groups is 4. The number of hydrogen-bond donors (Lipinski definition) is 7. The molecule has 0 aliphatic carbocycles. The van der Waals surface area contributed by atoms with Crippen molar-refractivity contribution in [3.63, 3.8) is 0 Å². The van der Waals surface area contributed by atoms with Crippen LogP contribution < -0.4 is 16.0 Å². The number of carbonyl (C=O) groups excluding carboxylic acids is 3. The largest absolute Gasteiger partial charge is 0.394 e. The maximum Gasteiger partial charge on any atom is 0.220 e. The second kappa shape index (κ2) is 23.2.